The minimum atomic E-state index is -1.03. The molecule has 3 saturated carbocycles. The minimum Gasteiger partial charge on any atom is -0.465 e. The molecule has 0 aromatic carbocycles. The molecule has 0 aromatic heterocycles. The second-order valence-electron chi connectivity index (χ2n) is 9.36. The van der Waals surface area contributed by atoms with Gasteiger partial charge in [-0.05, 0) is 73.5 Å². The van der Waals surface area contributed by atoms with Gasteiger partial charge in [-0.25, -0.2) is 4.79 Å². The summed E-state index contributed by atoms with van der Waals surface area (Å²) < 4.78 is 0. The minimum absolute atomic E-state index is 0.0547. The van der Waals surface area contributed by atoms with Gasteiger partial charge in [0.1, 0.15) is 0 Å². The van der Waals surface area contributed by atoms with E-state index in [1.807, 2.05) is 6.08 Å². The summed E-state index contributed by atoms with van der Waals surface area (Å²) in [6, 6.07) is -0.369. The van der Waals surface area contributed by atoms with E-state index >= 15 is 0 Å². The van der Waals surface area contributed by atoms with E-state index in [0.717, 1.165) is 24.7 Å². The van der Waals surface area contributed by atoms with Crippen molar-refractivity contribution in [1.29, 1.82) is 0 Å². The Morgan fingerprint density at radius 2 is 2.00 bits per heavy atom. The zero-order valence-electron chi connectivity index (χ0n) is 14.9. The first-order chi connectivity index (χ1) is 11.3. The number of carbonyl (C=O) groups is 1. The monoisotopic (exact) mass is 333 g/mol. The molecule has 4 aliphatic rings. The predicted octanol–water partition coefficient (Wildman–Crippen LogP) is 3.95. The van der Waals surface area contributed by atoms with Gasteiger partial charge < -0.3 is 15.5 Å². The van der Waals surface area contributed by atoms with Gasteiger partial charge in [0.2, 0.25) is 0 Å². The highest BCUT2D eigenvalue weighted by molar-refractivity contribution is 5.65. The molecule has 0 aliphatic heterocycles. The Labute approximate surface area is 144 Å². The van der Waals surface area contributed by atoms with Gasteiger partial charge in [0.15, 0.2) is 0 Å². The summed E-state index contributed by atoms with van der Waals surface area (Å²) in [4.78, 5) is 11.1. The summed E-state index contributed by atoms with van der Waals surface area (Å²) in [7, 11) is 0. The molecule has 7 atom stereocenters. The molecule has 0 saturated heterocycles. The number of hydrogen-bond donors (Lipinski definition) is 3. The number of nitrogens with one attached hydrogen (secondary N) is 1. The van der Waals surface area contributed by atoms with Crippen LogP contribution in [0.25, 0.3) is 0 Å². The maximum absolute atomic E-state index is 11.1. The van der Waals surface area contributed by atoms with Crippen LogP contribution in [0.1, 0.15) is 65.2 Å². The summed E-state index contributed by atoms with van der Waals surface area (Å²) >= 11 is 0. The molecule has 0 aromatic rings. The van der Waals surface area contributed by atoms with Crippen molar-refractivity contribution in [2.24, 2.45) is 28.6 Å². The Hall–Kier alpha value is -1.03. The summed E-state index contributed by atoms with van der Waals surface area (Å²) in [6.07, 6.45) is 10.1. The Morgan fingerprint density at radius 3 is 2.75 bits per heavy atom. The molecule has 3 fully saturated rings. The zero-order valence-corrected chi connectivity index (χ0v) is 14.9. The summed E-state index contributed by atoms with van der Waals surface area (Å²) in [6.45, 7) is 4.85. The maximum Gasteiger partial charge on any atom is 0.404 e. The van der Waals surface area contributed by atoms with Crippen molar-refractivity contribution in [2.45, 2.75) is 77.4 Å². The van der Waals surface area contributed by atoms with Crippen LogP contribution >= 0.6 is 0 Å². The fourth-order valence-electron chi connectivity index (χ4n) is 7.07. The standard InChI is InChI=1S/C20H31NO3/c1-19-8-3-4-14(19)13-6-5-12-10-17(22)16(21-18(23)24)11-20(12,2)15(13)7-9-19/h10,13-17,21-22H,3-9,11H2,1-2H3,(H,23,24)/t13-,14-,15+,16?,17?,19-,20-/m0/s1. The van der Waals surface area contributed by atoms with E-state index in [2.05, 4.69) is 19.2 Å². The van der Waals surface area contributed by atoms with Gasteiger partial charge in [-0.15, -0.1) is 0 Å². The lowest BCUT2D eigenvalue weighted by Gasteiger charge is -2.58. The molecule has 0 radical (unpaired) electrons. The normalized spacial score (nSPS) is 50.3. The SMILES string of the molecule is C[C@@]12CCC[C@H]1[C@@H]1CCC3=CC(O)C(NC(=O)O)C[C@]3(C)[C@@H]1CC2. The number of amides is 1. The van der Waals surface area contributed by atoms with Gasteiger partial charge in [-0.3, -0.25) is 0 Å². The van der Waals surface area contributed by atoms with Crippen molar-refractivity contribution >= 4 is 6.09 Å². The number of aliphatic hydroxyl groups excluding tert-OH is 1. The van der Waals surface area contributed by atoms with Crippen LogP contribution in [0, 0.1) is 28.6 Å². The lowest BCUT2D eigenvalue weighted by Crippen LogP contribution is -2.55. The third kappa shape index (κ3) is 2.33. The highest BCUT2D eigenvalue weighted by atomic mass is 16.4. The second-order valence-corrected chi connectivity index (χ2v) is 9.36. The van der Waals surface area contributed by atoms with Crippen molar-refractivity contribution in [3.8, 4) is 0 Å². The fraction of sp³-hybridized carbons (Fsp3) is 0.850. The Kier molecular flexibility index (Phi) is 3.76. The predicted molar refractivity (Wildman–Crippen MR) is 92.7 cm³/mol. The number of hydrogen-bond acceptors (Lipinski definition) is 2. The molecule has 4 aliphatic carbocycles. The average molecular weight is 333 g/mol. The van der Waals surface area contributed by atoms with Crippen molar-refractivity contribution in [2.75, 3.05) is 0 Å². The molecule has 24 heavy (non-hydrogen) atoms. The third-order valence-electron chi connectivity index (χ3n) is 8.25. The topological polar surface area (TPSA) is 69.6 Å². The Morgan fingerprint density at radius 1 is 1.21 bits per heavy atom. The first-order valence-electron chi connectivity index (χ1n) is 9.72. The summed E-state index contributed by atoms with van der Waals surface area (Å²) in [5.41, 5.74) is 1.99. The van der Waals surface area contributed by atoms with Crippen molar-refractivity contribution < 1.29 is 15.0 Å². The molecule has 1 amide bonds. The van der Waals surface area contributed by atoms with Crippen LogP contribution in [0.5, 0.6) is 0 Å². The highest BCUT2D eigenvalue weighted by Crippen LogP contribution is 2.65. The van der Waals surface area contributed by atoms with E-state index in [4.69, 9.17) is 5.11 Å². The number of rotatable bonds is 1. The van der Waals surface area contributed by atoms with Crippen LogP contribution < -0.4 is 5.32 Å². The second kappa shape index (κ2) is 5.48. The largest absolute Gasteiger partial charge is 0.465 e. The number of fused-ring (bicyclic) bond motifs is 5. The van der Waals surface area contributed by atoms with E-state index < -0.39 is 12.2 Å². The maximum atomic E-state index is 11.1. The van der Waals surface area contributed by atoms with Crippen LogP contribution in [0.15, 0.2) is 11.6 Å². The van der Waals surface area contributed by atoms with Crippen LogP contribution in [0.2, 0.25) is 0 Å². The molecular formula is C20H31NO3. The van der Waals surface area contributed by atoms with Crippen LogP contribution in [-0.2, 0) is 0 Å². The van der Waals surface area contributed by atoms with E-state index in [-0.39, 0.29) is 11.5 Å². The quantitative estimate of drug-likeness (QED) is 0.636. The molecule has 0 spiro atoms. The van der Waals surface area contributed by atoms with Gasteiger partial charge in [-0.2, -0.15) is 0 Å². The number of allylic oxidation sites excluding steroid dienone is 1. The van der Waals surface area contributed by atoms with E-state index in [0.29, 0.717) is 11.3 Å². The lowest BCUT2D eigenvalue weighted by molar-refractivity contribution is -0.0461. The van der Waals surface area contributed by atoms with Gasteiger partial charge in [0.05, 0.1) is 12.1 Å². The Bertz CT molecular complexity index is 573. The zero-order chi connectivity index (χ0) is 17.1. The molecule has 134 valence electrons. The van der Waals surface area contributed by atoms with Crippen molar-refractivity contribution in [3.05, 3.63) is 11.6 Å². The third-order valence-corrected chi connectivity index (χ3v) is 8.25. The van der Waals surface area contributed by atoms with E-state index in [9.17, 15) is 9.90 Å². The first kappa shape index (κ1) is 16.4. The molecule has 0 bridgehead atoms. The Balaban J connectivity index is 1.64. The van der Waals surface area contributed by atoms with Crippen LogP contribution in [0.3, 0.4) is 0 Å². The average Bonchev–Trinajstić information content (AvgIpc) is 2.90. The molecule has 4 heteroatoms. The highest BCUT2D eigenvalue weighted by Gasteiger charge is 2.57. The van der Waals surface area contributed by atoms with Gasteiger partial charge in [-0.1, -0.05) is 31.9 Å². The van der Waals surface area contributed by atoms with Gasteiger partial charge >= 0.3 is 6.09 Å². The number of carboxylic acid groups (broad SMARTS) is 1. The molecule has 4 rings (SSSR count). The molecule has 3 N–H and O–H groups in total. The number of aliphatic hydroxyl groups is 1. The molecule has 4 nitrogen and oxygen atoms in total. The van der Waals surface area contributed by atoms with E-state index in [1.54, 1.807) is 0 Å². The van der Waals surface area contributed by atoms with Crippen molar-refractivity contribution in [3.63, 3.8) is 0 Å². The van der Waals surface area contributed by atoms with Gasteiger partial charge in [0.25, 0.3) is 0 Å². The van der Waals surface area contributed by atoms with Crippen LogP contribution in [-0.4, -0.2) is 28.5 Å². The van der Waals surface area contributed by atoms with Crippen LogP contribution in [0.4, 0.5) is 4.79 Å². The first-order valence-corrected chi connectivity index (χ1v) is 9.72. The lowest BCUT2D eigenvalue weighted by atomic mass is 9.47. The molecule has 2 unspecified atom stereocenters. The van der Waals surface area contributed by atoms with Crippen molar-refractivity contribution in [1.82, 2.24) is 5.32 Å². The summed E-state index contributed by atoms with van der Waals surface area (Å²) in [5.74, 6) is 2.29. The summed E-state index contributed by atoms with van der Waals surface area (Å²) in [5, 5.41) is 22.0. The van der Waals surface area contributed by atoms with Gasteiger partial charge in [0, 0.05) is 0 Å². The molecule has 0 heterocycles. The fourth-order valence-corrected chi connectivity index (χ4v) is 7.07. The van der Waals surface area contributed by atoms with E-state index in [1.165, 1.54) is 44.1 Å². The smallest absolute Gasteiger partial charge is 0.404 e. The molecular weight excluding hydrogens is 302 g/mol.